The van der Waals surface area contributed by atoms with Crippen LogP contribution in [0.2, 0.25) is 0 Å². The molecule has 98 valence electrons. The van der Waals surface area contributed by atoms with E-state index < -0.39 is 5.82 Å². The molecule has 0 saturated heterocycles. The summed E-state index contributed by atoms with van der Waals surface area (Å²) in [7, 11) is 0. The van der Waals surface area contributed by atoms with E-state index >= 15 is 0 Å². The summed E-state index contributed by atoms with van der Waals surface area (Å²) in [5.74, 6) is 0.773. The third kappa shape index (κ3) is 3.07. The maximum Gasteiger partial charge on any atom is 0.229 e. The third-order valence-electron chi connectivity index (χ3n) is 2.41. The van der Waals surface area contributed by atoms with Gasteiger partial charge in [0.1, 0.15) is 17.6 Å². The average Bonchev–Trinajstić information content (AvgIpc) is 2.85. The summed E-state index contributed by atoms with van der Waals surface area (Å²) < 4.78 is 23.7. The predicted molar refractivity (Wildman–Crippen MR) is 63.8 cm³/mol. The van der Waals surface area contributed by atoms with Gasteiger partial charge in [-0.05, 0) is 12.1 Å². The van der Waals surface area contributed by atoms with Crippen molar-refractivity contribution in [3.05, 3.63) is 41.3 Å². The van der Waals surface area contributed by atoms with Crippen LogP contribution in [0.15, 0.2) is 22.7 Å². The Balaban J connectivity index is 2.02. The van der Waals surface area contributed by atoms with Crippen molar-refractivity contribution >= 4 is 0 Å². The number of ether oxygens (including phenoxy) is 1. The van der Waals surface area contributed by atoms with Gasteiger partial charge in [-0.2, -0.15) is 10.2 Å². The minimum atomic E-state index is -0.615. The summed E-state index contributed by atoms with van der Waals surface area (Å²) in [6.45, 7) is 3.96. The highest BCUT2D eigenvalue weighted by molar-refractivity contribution is 5.36. The van der Waals surface area contributed by atoms with Crippen LogP contribution in [0, 0.1) is 17.1 Å². The first-order valence-electron chi connectivity index (χ1n) is 5.75. The number of benzene rings is 1. The summed E-state index contributed by atoms with van der Waals surface area (Å²) in [5.41, 5.74) is -0.0194. The monoisotopic (exact) mass is 261 g/mol. The van der Waals surface area contributed by atoms with Gasteiger partial charge in [0.25, 0.3) is 0 Å². The van der Waals surface area contributed by atoms with Gasteiger partial charge >= 0.3 is 0 Å². The van der Waals surface area contributed by atoms with Gasteiger partial charge in [-0.15, -0.1) is 0 Å². The largest absolute Gasteiger partial charge is 0.485 e. The molecule has 0 unspecified atom stereocenters. The van der Waals surface area contributed by atoms with Crippen LogP contribution in [0.1, 0.15) is 37.0 Å². The fraction of sp³-hybridized carbons (Fsp3) is 0.308. The molecule has 1 aromatic carbocycles. The highest BCUT2D eigenvalue weighted by Gasteiger charge is 2.10. The Hall–Kier alpha value is -2.42. The topological polar surface area (TPSA) is 71.9 Å². The van der Waals surface area contributed by atoms with E-state index in [-0.39, 0.29) is 18.1 Å². The minimum absolute atomic E-state index is 0.0194. The standard InChI is InChI=1S/C13H12FN3O2/c1-8(2)13-16-12(17-19-13)7-18-10-4-3-9(6-15)11(14)5-10/h3-5,8H,7H2,1-2H3. The minimum Gasteiger partial charge on any atom is -0.485 e. The van der Waals surface area contributed by atoms with E-state index in [0.29, 0.717) is 17.5 Å². The SMILES string of the molecule is CC(C)c1nc(COc2ccc(C#N)c(F)c2)no1. The molecular weight excluding hydrogens is 249 g/mol. The number of hydrogen-bond acceptors (Lipinski definition) is 5. The van der Waals surface area contributed by atoms with Crippen molar-refractivity contribution in [1.29, 1.82) is 5.26 Å². The van der Waals surface area contributed by atoms with Gasteiger partial charge in [0.15, 0.2) is 6.61 Å². The van der Waals surface area contributed by atoms with Crippen LogP contribution in [0.3, 0.4) is 0 Å². The Kier molecular flexibility index (Phi) is 3.76. The van der Waals surface area contributed by atoms with Gasteiger partial charge < -0.3 is 9.26 Å². The smallest absolute Gasteiger partial charge is 0.229 e. The van der Waals surface area contributed by atoms with Gasteiger partial charge in [0, 0.05) is 12.0 Å². The maximum atomic E-state index is 13.3. The summed E-state index contributed by atoms with van der Waals surface area (Å²) >= 11 is 0. The zero-order chi connectivity index (χ0) is 13.8. The molecule has 2 aromatic rings. The lowest BCUT2D eigenvalue weighted by molar-refractivity contribution is 0.283. The van der Waals surface area contributed by atoms with Gasteiger partial charge in [0.05, 0.1) is 5.56 Å². The van der Waals surface area contributed by atoms with Gasteiger partial charge in [-0.3, -0.25) is 0 Å². The quantitative estimate of drug-likeness (QED) is 0.846. The van der Waals surface area contributed by atoms with Crippen molar-refractivity contribution in [3.8, 4) is 11.8 Å². The second-order valence-electron chi connectivity index (χ2n) is 4.25. The van der Waals surface area contributed by atoms with E-state index in [1.54, 1.807) is 6.07 Å². The van der Waals surface area contributed by atoms with E-state index in [4.69, 9.17) is 14.5 Å². The number of hydrogen-bond donors (Lipinski definition) is 0. The highest BCUT2D eigenvalue weighted by Crippen LogP contribution is 2.17. The van der Waals surface area contributed by atoms with Crippen LogP contribution in [0.25, 0.3) is 0 Å². The summed E-state index contributed by atoms with van der Waals surface area (Å²) in [6, 6.07) is 5.78. The number of halogens is 1. The molecule has 0 fully saturated rings. The molecule has 0 aliphatic heterocycles. The molecule has 0 amide bonds. The first kappa shape index (κ1) is 13.0. The molecule has 0 saturated carbocycles. The Labute approximate surface area is 109 Å². The lowest BCUT2D eigenvalue weighted by Gasteiger charge is -2.03. The van der Waals surface area contributed by atoms with Crippen LogP contribution in [-0.2, 0) is 6.61 Å². The summed E-state index contributed by atoms with van der Waals surface area (Å²) in [5, 5.41) is 12.4. The molecule has 6 heteroatoms. The molecule has 0 radical (unpaired) electrons. The molecule has 0 aliphatic rings. The Bertz CT molecular complexity index is 617. The van der Waals surface area contributed by atoms with Gasteiger partial charge in [-0.1, -0.05) is 19.0 Å². The normalized spacial score (nSPS) is 10.5. The molecule has 1 heterocycles. The molecule has 1 aromatic heterocycles. The van der Waals surface area contributed by atoms with Crippen molar-refractivity contribution in [3.63, 3.8) is 0 Å². The second kappa shape index (κ2) is 5.48. The Morgan fingerprint density at radius 3 is 2.84 bits per heavy atom. The molecule has 19 heavy (non-hydrogen) atoms. The number of nitriles is 1. The van der Waals surface area contributed by atoms with E-state index in [1.165, 1.54) is 12.1 Å². The number of aromatic nitrogens is 2. The van der Waals surface area contributed by atoms with E-state index in [2.05, 4.69) is 10.1 Å². The first-order chi connectivity index (χ1) is 9.10. The van der Waals surface area contributed by atoms with E-state index in [1.807, 2.05) is 13.8 Å². The van der Waals surface area contributed by atoms with E-state index in [0.717, 1.165) is 6.07 Å². The van der Waals surface area contributed by atoms with Crippen molar-refractivity contribution in [2.75, 3.05) is 0 Å². The lowest BCUT2D eigenvalue weighted by atomic mass is 10.2. The molecule has 0 atom stereocenters. The lowest BCUT2D eigenvalue weighted by Crippen LogP contribution is -1.99. The second-order valence-corrected chi connectivity index (χ2v) is 4.25. The van der Waals surface area contributed by atoms with Crippen molar-refractivity contribution in [2.45, 2.75) is 26.4 Å². The van der Waals surface area contributed by atoms with Crippen LogP contribution in [0.4, 0.5) is 4.39 Å². The maximum absolute atomic E-state index is 13.3. The molecule has 5 nitrogen and oxygen atoms in total. The predicted octanol–water partition coefficient (Wildman–Crippen LogP) is 2.78. The van der Waals surface area contributed by atoms with Crippen LogP contribution < -0.4 is 4.74 Å². The first-order valence-corrected chi connectivity index (χ1v) is 5.75. The Morgan fingerprint density at radius 2 is 2.26 bits per heavy atom. The number of nitrogens with zero attached hydrogens (tertiary/aromatic N) is 3. The van der Waals surface area contributed by atoms with Gasteiger partial charge in [-0.25, -0.2) is 4.39 Å². The van der Waals surface area contributed by atoms with Crippen LogP contribution in [0.5, 0.6) is 5.75 Å². The summed E-state index contributed by atoms with van der Waals surface area (Å²) in [6.07, 6.45) is 0. The molecule has 0 spiro atoms. The molecule has 0 bridgehead atoms. The van der Waals surface area contributed by atoms with Crippen molar-refractivity contribution in [2.24, 2.45) is 0 Å². The summed E-state index contributed by atoms with van der Waals surface area (Å²) in [4.78, 5) is 4.13. The zero-order valence-corrected chi connectivity index (χ0v) is 10.6. The fourth-order valence-corrected chi connectivity index (χ4v) is 1.38. The fourth-order valence-electron chi connectivity index (χ4n) is 1.38. The van der Waals surface area contributed by atoms with Crippen molar-refractivity contribution < 1.29 is 13.7 Å². The molecule has 2 rings (SSSR count). The molecule has 0 aliphatic carbocycles. The highest BCUT2D eigenvalue weighted by atomic mass is 19.1. The van der Waals surface area contributed by atoms with Crippen LogP contribution in [-0.4, -0.2) is 10.1 Å². The zero-order valence-electron chi connectivity index (χ0n) is 10.6. The number of rotatable bonds is 4. The third-order valence-corrected chi connectivity index (χ3v) is 2.41. The molecular formula is C13H12FN3O2. The van der Waals surface area contributed by atoms with Gasteiger partial charge in [0.2, 0.25) is 11.7 Å². The average molecular weight is 261 g/mol. The molecule has 0 N–H and O–H groups in total. The van der Waals surface area contributed by atoms with Crippen molar-refractivity contribution in [1.82, 2.24) is 10.1 Å². The Morgan fingerprint density at radius 1 is 1.47 bits per heavy atom. The van der Waals surface area contributed by atoms with E-state index in [9.17, 15) is 4.39 Å². The van der Waals surface area contributed by atoms with Crippen LogP contribution >= 0.6 is 0 Å².